The molecule has 92 heavy (non-hydrogen) atoms. The van der Waals surface area contributed by atoms with Crippen molar-refractivity contribution in [2.75, 3.05) is 37.1 Å². The topological polar surface area (TPSA) is 416 Å². The van der Waals surface area contributed by atoms with Crippen LogP contribution in [0, 0.1) is 0 Å². The molecule has 26 nitrogen and oxygen atoms in total. The number of ketones is 1. The maximum Gasteiger partial charge on any atom is 0.413 e. The second kappa shape index (κ2) is 35.2. The summed E-state index contributed by atoms with van der Waals surface area (Å²) in [6, 6.07) is 23.4. The standard InChI is InChI=1S/C49H66N10O10S2.C14H11N3O3S/c1-28(61)39(25-60)56-48(68)41-27-71-70-26-40(57-43(63)34(51)21-30-13-5-3-6-14-30)47(67)54-37(22-31-15-7-4-8-16-31)45(65)55-38(23-32-24-52-35-18-10-9-17-33(32)35)46(66)53-36(19-11-12-20-50)44(64)59-42(29(2)62)49(69)58-41;1-20-14(19)17-13-15-9-5-4-8(7-10(9)16-13)12(18)11-3-2-6-21-11/h3-10,13-18,24,28-29,34,36-42,52,60-62H,11-12,19-23,25-27,50-51H2,1-2H3,(H,53,66)(H,54,67)(H,55,65)(H,56,68)(H,57,63)(H,58,69)(H,59,64);2-7H,1H3,(H2,15,16,17,19)/t28-,29?,34-,36+,37+,38-,39-,40+,41+,42+;/m1./s1. The number of hydrogen-bond donors (Lipinski definition) is 15. The van der Waals surface area contributed by atoms with Crippen molar-refractivity contribution < 1.29 is 63.2 Å². The van der Waals surface area contributed by atoms with Crippen molar-refractivity contribution in [1.29, 1.82) is 0 Å². The van der Waals surface area contributed by atoms with Crippen LogP contribution >= 0.6 is 32.9 Å². The summed E-state index contributed by atoms with van der Waals surface area (Å²) < 4.78 is 4.50. The molecule has 1 aliphatic heterocycles. The average molecular weight is 1320 g/mol. The van der Waals surface area contributed by atoms with Gasteiger partial charge in [0.15, 0.2) is 0 Å². The highest BCUT2D eigenvalue weighted by molar-refractivity contribution is 8.76. The van der Waals surface area contributed by atoms with E-state index in [1.165, 1.54) is 32.3 Å². The Morgan fingerprint density at radius 3 is 2.04 bits per heavy atom. The molecule has 0 radical (unpaired) electrons. The Hall–Kier alpha value is -8.68. The van der Waals surface area contributed by atoms with Crippen molar-refractivity contribution in [2.45, 2.75) is 113 Å². The maximum absolute atomic E-state index is 14.7. The van der Waals surface area contributed by atoms with E-state index in [0.717, 1.165) is 38.1 Å². The third-order valence-electron chi connectivity index (χ3n) is 14.7. The van der Waals surface area contributed by atoms with E-state index in [-0.39, 0.29) is 55.5 Å². The second-order valence-electron chi connectivity index (χ2n) is 21.7. The van der Waals surface area contributed by atoms with Crippen LogP contribution in [0.25, 0.3) is 21.9 Å². The maximum atomic E-state index is 14.7. The Kier molecular flexibility index (Phi) is 27.1. The van der Waals surface area contributed by atoms with E-state index in [2.05, 4.69) is 62.2 Å². The smallest absolute Gasteiger partial charge is 0.413 e. The summed E-state index contributed by atoms with van der Waals surface area (Å²) in [5.41, 5.74) is 16.9. The van der Waals surface area contributed by atoms with Gasteiger partial charge in [0, 0.05) is 47.0 Å². The zero-order chi connectivity index (χ0) is 66.3. The SMILES string of the molecule is CC(O)[C@@H]1NC(=O)[C@H](CCCCN)NC(=O)[C@@H](Cc2c[nH]c3ccccc23)NC(=O)[C@H](Cc2ccccc2)NC(=O)[C@@H](NC(=O)[C@H](N)Cc2ccccc2)CSSC[C@@H](C(=O)N[C@H](CO)[C@@H](C)O)NC1=O.COC(=O)Nc1nc2ccc(C(=O)c3cccs3)cc2[nH]1. The van der Waals surface area contributed by atoms with E-state index in [9.17, 15) is 58.5 Å². The molecule has 1 fully saturated rings. The number of aliphatic hydroxyl groups excluding tert-OH is 3. The highest BCUT2D eigenvalue weighted by Gasteiger charge is 2.37. The number of carbonyl (C=O) groups is 9. The first kappa shape index (κ1) is 70.8. The summed E-state index contributed by atoms with van der Waals surface area (Å²) in [4.78, 5) is 134. The van der Waals surface area contributed by atoms with Crippen LogP contribution < -0.4 is 54.0 Å². The van der Waals surface area contributed by atoms with Gasteiger partial charge in [-0.1, -0.05) is 107 Å². The zero-order valence-electron chi connectivity index (χ0n) is 50.7. The molecule has 4 heterocycles. The van der Waals surface area contributed by atoms with Gasteiger partial charge in [-0.15, -0.1) is 11.3 Å². The van der Waals surface area contributed by atoms with E-state index < -0.39 is 115 Å². The third kappa shape index (κ3) is 20.7. The highest BCUT2D eigenvalue weighted by Crippen LogP contribution is 2.25. The van der Waals surface area contributed by atoms with Gasteiger partial charge in [0.05, 0.1) is 53.9 Å². The molecule has 490 valence electrons. The fourth-order valence-electron chi connectivity index (χ4n) is 9.64. The molecule has 4 aromatic carbocycles. The number of carbonyl (C=O) groups excluding carboxylic acids is 9. The molecule has 1 aliphatic rings. The molecule has 3 aromatic heterocycles. The first-order valence-electron chi connectivity index (χ1n) is 29.6. The number of fused-ring (bicyclic) bond motifs is 2. The Balaban J connectivity index is 0.000000477. The number of amides is 8. The molecule has 0 aliphatic carbocycles. The van der Waals surface area contributed by atoms with Gasteiger partial charge in [-0.3, -0.25) is 43.7 Å². The summed E-state index contributed by atoms with van der Waals surface area (Å²) >= 11 is 1.40. The number of nitrogens with one attached hydrogen (secondary N) is 10. The molecule has 0 saturated carbocycles. The average Bonchev–Trinajstić information content (AvgIpc) is 1.67. The van der Waals surface area contributed by atoms with Crippen molar-refractivity contribution in [3.05, 3.63) is 154 Å². The number of aromatic amines is 2. The number of nitrogens with zero attached hydrogens (tertiary/aromatic N) is 1. The number of anilines is 1. The molecule has 10 atom stereocenters. The minimum atomic E-state index is -1.66. The minimum Gasteiger partial charge on any atom is -0.453 e. The number of rotatable bonds is 20. The molecule has 8 rings (SSSR count). The van der Waals surface area contributed by atoms with Crippen LogP contribution in [0.1, 0.15) is 65.0 Å². The molecular weight excluding hydrogens is 1240 g/mol. The van der Waals surface area contributed by atoms with Crippen molar-refractivity contribution in [3.63, 3.8) is 0 Å². The number of para-hydroxylation sites is 1. The van der Waals surface area contributed by atoms with Crippen LogP contribution in [-0.4, -0.2) is 176 Å². The van der Waals surface area contributed by atoms with E-state index in [1.807, 2.05) is 41.8 Å². The quantitative estimate of drug-likeness (QED) is 0.0295. The lowest BCUT2D eigenvalue weighted by molar-refractivity contribution is -0.136. The second-order valence-corrected chi connectivity index (χ2v) is 25.2. The summed E-state index contributed by atoms with van der Waals surface area (Å²) in [7, 11) is 3.33. The van der Waals surface area contributed by atoms with Gasteiger partial charge in [-0.25, -0.2) is 9.78 Å². The largest absolute Gasteiger partial charge is 0.453 e. The zero-order valence-corrected chi connectivity index (χ0v) is 53.2. The molecule has 8 amide bonds. The van der Waals surface area contributed by atoms with Gasteiger partial charge in [-0.05, 0) is 98.5 Å². The fraction of sp³-hybridized carbons (Fsp3) is 0.365. The molecule has 29 heteroatoms. The molecule has 0 bridgehead atoms. The van der Waals surface area contributed by atoms with Crippen molar-refractivity contribution in [3.8, 4) is 0 Å². The monoisotopic (exact) mass is 1320 g/mol. The van der Waals surface area contributed by atoms with E-state index in [0.29, 0.717) is 45.4 Å². The van der Waals surface area contributed by atoms with Crippen LogP contribution in [0.2, 0.25) is 0 Å². The van der Waals surface area contributed by atoms with Gasteiger partial charge in [0.25, 0.3) is 0 Å². The van der Waals surface area contributed by atoms with Gasteiger partial charge < -0.3 is 78.7 Å². The number of benzene rings is 4. The number of methoxy groups -OCH3 is 1. The van der Waals surface area contributed by atoms with Crippen LogP contribution in [0.4, 0.5) is 10.7 Å². The Morgan fingerprint density at radius 2 is 1.38 bits per heavy atom. The summed E-state index contributed by atoms with van der Waals surface area (Å²) in [5, 5.41) is 54.8. The number of imidazole rings is 1. The van der Waals surface area contributed by atoms with Crippen LogP contribution in [0.15, 0.2) is 127 Å². The van der Waals surface area contributed by atoms with E-state index in [1.54, 1.807) is 85.1 Å². The lowest BCUT2D eigenvalue weighted by Crippen LogP contribution is -2.62. The van der Waals surface area contributed by atoms with Gasteiger partial charge in [0.2, 0.25) is 53.1 Å². The molecule has 17 N–H and O–H groups in total. The predicted molar refractivity (Wildman–Crippen MR) is 352 cm³/mol. The number of H-pyrrole nitrogens is 2. The minimum absolute atomic E-state index is 0.0340. The number of nitrogens with two attached hydrogens (primary N) is 2. The highest BCUT2D eigenvalue weighted by atomic mass is 33.1. The van der Waals surface area contributed by atoms with Gasteiger partial charge in [0.1, 0.15) is 36.3 Å². The lowest BCUT2D eigenvalue weighted by Gasteiger charge is -2.29. The van der Waals surface area contributed by atoms with Crippen LogP contribution in [-0.2, 0) is 57.6 Å². The van der Waals surface area contributed by atoms with Crippen molar-refractivity contribution in [1.82, 2.24) is 52.2 Å². The van der Waals surface area contributed by atoms with E-state index in [4.69, 9.17) is 11.5 Å². The molecule has 1 saturated heterocycles. The number of unbranched alkanes of at least 4 members (excludes halogenated alkanes) is 1. The van der Waals surface area contributed by atoms with Crippen molar-refractivity contribution in [2.24, 2.45) is 11.5 Å². The van der Waals surface area contributed by atoms with Gasteiger partial charge >= 0.3 is 6.09 Å². The first-order valence-corrected chi connectivity index (χ1v) is 33.0. The Bertz CT molecular complexity index is 3610. The summed E-state index contributed by atoms with van der Waals surface area (Å²) in [5.74, 6) is -5.77. The molecule has 7 aromatic rings. The molecule has 1 unspecified atom stereocenters. The number of aliphatic hydroxyl groups is 3. The Morgan fingerprint density at radius 1 is 0.728 bits per heavy atom. The summed E-state index contributed by atoms with van der Waals surface area (Å²) in [6.07, 6.45) is -0.764. The normalized spacial score (nSPS) is 20.0. The van der Waals surface area contributed by atoms with Crippen molar-refractivity contribution >= 4 is 114 Å². The predicted octanol–water partition coefficient (Wildman–Crippen LogP) is 2.23. The number of ether oxygens (including phenoxy) is 1. The number of aromatic nitrogens is 3. The first-order chi connectivity index (χ1) is 44.2. The molecule has 0 spiro atoms. The Labute approximate surface area is 542 Å². The molecular formula is C63H77N13O13S3. The third-order valence-corrected chi connectivity index (χ3v) is 18.0. The fourth-order valence-corrected chi connectivity index (χ4v) is 12.6. The van der Waals surface area contributed by atoms with Gasteiger partial charge in [-0.2, -0.15) is 0 Å². The van der Waals surface area contributed by atoms with Crippen LogP contribution in [0.5, 0.6) is 0 Å². The van der Waals surface area contributed by atoms with E-state index >= 15 is 0 Å². The summed E-state index contributed by atoms with van der Waals surface area (Å²) in [6.45, 7) is 2.23. The number of thiophene rings is 1. The van der Waals surface area contributed by atoms with Crippen LogP contribution in [0.3, 0.4) is 0 Å². The number of hydrogen-bond acceptors (Lipinski definition) is 19. The lowest BCUT2D eigenvalue weighted by atomic mass is 10.0.